The summed E-state index contributed by atoms with van der Waals surface area (Å²) >= 11 is 0. The fourth-order valence-electron chi connectivity index (χ4n) is 9.02. The van der Waals surface area contributed by atoms with E-state index in [0.29, 0.717) is 41.9 Å². The molecule has 4 rings (SSSR count). The highest BCUT2D eigenvalue weighted by molar-refractivity contribution is 5.69. The molecule has 4 aliphatic rings. The van der Waals surface area contributed by atoms with Gasteiger partial charge in [0.15, 0.2) is 0 Å². The molecule has 172 valence electrons. The van der Waals surface area contributed by atoms with Crippen LogP contribution in [0.2, 0.25) is 0 Å². The summed E-state index contributed by atoms with van der Waals surface area (Å²) in [5.74, 6) is 3.17. The standard InChI is InChI=1S/C26H44O4/c1-15-10-11-25(3)17(12-15)13-21(27)24-19-8-7-18(16(2)6-9-23(29)30-5)26(19,4)22(28)14-20(24)25/h15-22,24,27-28H,6-14H2,1-5H3/t15-,16?,17-,18?,19?,20?,21-,22?,24+,25?,26?/m0/s1. The molecule has 0 aromatic heterocycles. The Labute approximate surface area is 183 Å². The van der Waals surface area contributed by atoms with Crippen molar-refractivity contribution < 1.29 is 19.7 Å². The molecule has 4 nitrogen and oxygen atoms in total. The quantitative estimate of drug-likeness (QED) is 0.640. The van der Waals surface area contributed by atoms with Gasteiger partial charge in [-0.2, -0.15) is 0 Å². The van der Waals surface area contributed by atoms with Crippen molar-refractivity contribution in [2.24, 2.45) is 52.3 Å². The Hall–Kier alpha value is -0.610. The molecule has 0 saturated heterocycles. The molecule has 0 radical (unpaired) electrons. The highest BCUT2D eigenvalue weighted by atomic mass is 16.5. The Morgan fingerprint density at radius 3 is 2.53 bits per heavy atom. The van der Waals surface area contributed by atoms with E-state index in [-0.39, 0.29) is 29.0 Å². The van der Waals surface area contributed by atoms with Crippen LogP contribution in [0.1, 0.15) is 85.5 Å². The molecular formula is C26H44O4. The van der Waals surface area contributed by atoms with Crippen molar-refractivity contribution in [3.63, 3.8) is 0 Å². The van der Waals surface area contributed by atoms with Gasteiger partial charge in [-0.15, -0.1) is 0 Å². The zero-order chi connectivity index (χ0) is 21.8. The van der Waals surface area contributed by atoms with Crippen LogP contribution >= 0.6 is 0 Å². The summed E-state index contributed by atoms with van der Waals surface area (Å²) in [5.41, 5.74) is 0.121. The second kappa shape index (κ2) is 8.06. The Morgan fingerprint density at radius 2 is 1.83 bits per heavy atom. The van der Waals surface area contributed by atoms with E-state index in [1.165, 1.54) is 26.4 Å². The predicted octanol–water partition coefficient (Wildman–Crippen LogP) is 4.81. The minimum Gasteiger partial charge on any atom is -0.469 e. The van der Waals surface area contributed by atoms with Gasteiger partial charge < -0.3 is 14.9 Å². The molecule has 4 aliphatic carbocycles. The van der Waals surface area contributed by atoms with Gasteiger partial charge in [0.25, 0.3) is 0 Å². The van der Waals surface area contributed by atoms with Gasteiger partial charge >= 0.3 is 5.97 Å². The van der Waals surface area contributed by atoms with E-state index in [9.17, 15) is 15.0 Å². The van der Waals surface area contributed by atoms with Gasteiger partial charge in [0.2, 0.25) is 0 Å². The van der Waals surface area contributed by atoms with Crippen molar-refractivity contribution in [2.45, 2.75) is 97.7 Å². The SMILES string of the molecule is COC(=O)CCC(C)C1CCC2[C@@H]3C(CC(O)C12C)C1(C)CC[C@H](C)C[C@H]1C[C@@H]3O. The molecule has 4 fully saturated rings. The highest BCUT2D eigenvalue weighted by Gasteiger charge is 2.65. The van der Waals surface area contributed by atoms with Crippen LogP contribution in [0.3, 0.4) is 0 Å². The van der Waals surface area contributed by atoms with E-state index >= 15 is 0 Å². The normalized spacial score (nSPS) is 51.4. The number of ether oxygens (including phenoxy) is 1. The summed E-state index contributed by atoms with van der Waals surface area (Å²) in [6.07, 6.45) is 8.53. The van der Waals surface area contributed by atoms with Crippen LogP contribution in [0.4, 0.5) is 0 Å². The van der Waals surface area contributed by atoms with Crippen LogP contribution in [0.5, 0.6) is 0 Å². The summed E-state index contributed by atoms with van der Waals surface area (Å²) in [4.78, 5) is 11.7. The molecule has 30 heavy (non-hydrogen) atoms. The molecule has 11 atom stereocenters. The van der Waals surface area contributed by atoms with Crippen LogP contribution in [-0.4, -0.2) is 35.5 Å². The van der Waals surface area contributed by atoms with Gasteiger partial charge in [-0.1, -0.05) is 34.1 Å². The van der Waals surface area contributed by atoms with Crippen molar-refractivity contribution in [3.8, 4) is 0 Å². The second-order valence-corrected chi connectivity index (χ2v) is 12.1. The fraction of sp³-hybridized carbons (Fsp3) is 0.962. The smallest absolute Gasteiger partial charge is 0.305 e. The summed E-state index contributed by atoms with van der Waals surface area (Å²) in [6, 6.07) is 0. The lowest BCUT2D eigenvalue weighted by Crippen LogP contribution is -2.62. The van der Waals surface area contributed by atoms with Gasteiger partial charge in [0, 0.05) is 6.42 Å². The van der Waals surface area contributed by atoms with Crippen LogP contribution < -0.4 is 0 Å². The number of hydrogen-bond acceptors (Lipinski definition) is 4. The molecule has 2 N–H and O–H groups in total. The number of aliphatic hydroxyl groups is 2. The first-order valence-electron chi connectivity index (χ1n) is 12.6. The lowest BCUT2D eigenvalue weighted by atomic mass is 9.42. The first-order valence-corrected chi connectivity index (χ1v) is 12.6. The van der Waals surface area contributed by atoms with E-state index in [4.69, 9.17) is 4.74 Å². The van der Waals surface area contributed by atoms with Crippen LogP contribution in [-0.2, 0) is 9.53 Å². The number of aliphatic hydroxyl groups excluding tert-OH is 2. The fourth-order valence-corrected chi connectivity index (χ4v) is 9.02. The Bertz CT molecular complexity index is 649. The number of hydrogen-bond donors (Lipinski definition) is 2. The van der Waals surface area contributed by atoms with E-state index in [0.717, 1.165) is 38.0 Å². The van der Waals surface area contributed by atoms with Crippen molar-refractivity contribution in [1.29, 1.82) is 0 Å². The zero-order valence-electron chi connectivity index (χ0n) is 19.8. The summed E-state index contributed by atoms with van der Waals surface area (Å²) in [7, 11) is 1.45. The molecule has 0 aromatic rings. The van der Waals surface area contributed by atoms with Crippen LogP contribution in [0.25, 0.3) is 0 Å². The number of carbonyl (C=O) groups is 1. The van der Waals surface area contributed by atoms with Crippen molar-refractivity contribution in [1.82, 2.24) is 0 Å². The van der Waals surface area contributed by atoms with Gasteiger partial charge in [0.1, 0.15) is 0 Å². The molecular weight excluding hydrogens is 376 g/mol. The van der Waals surface area contributed by atoms with Gasteiger partial charge in [-0.3, -0.25) is 4.79 Å². The topological polar surface area (TPSA) is 66.8 Å². The average molecular weight is 421 g/mol. The predicted molar refractivity (Wildman–Crippen MR) is 118 cm³/mol. The molecule has 4 saturated carbocycles. The Kier molecular flexibility index (Phi) is 6.07. The van der Waals surface area contributed by atoms with Crippen LogP contribution in [0.15, 0.2) is 0 Å². The summed E-state index contributed by atoms with van der Waals surface area (Å²) in [5, 5.41) is 23.0. The minimum absolute atomic E-state index is 0.140. The van der Waals surface area contributed by atoms with E-state index < -0.39 is 0 Å². The van der Waals surface area contributed by atoms with Crippen LogP contribution in [0, 0.1) is 52.3 Å². The van der Waals surface area contributed by atoms with Crippen molar-refractivity contribution in [2.75, 3.05) is 7.11 Å². The lowest BCUT2D eigenvalue weighted by Gasteiger charge is -2.63. The van der Waals surface area contributed by atoms with E-state index in [1.807, 2.05) is 0 Å². The number of esters is 1. The molecule has 0 heterocycles. The summed E-state index contributed by atoms with van der Waals surface area (Å²) < 4.78 is 4.85. The number of rotatable bonds is 4. The zero-order valence-corrected chi connectivity index (χ0v) is 19.8. The number of fused-ring (bicyclic) bond motifs is 5. The largest absolute Gasteiger partial charge is 0.469 e. The average Bonchev–Trinajstić information content (AvgIpc) is 3.06. The second-order valence-electron chi connectivity index (χ2n) is 12.1. The molecule has 0 amide bonds. The highest BCUT2D eigenvalue weighted by Crippen LogP contribution is 2.68. The van der Waals surface area contributed by atoms with Gasteiger partial charge in [0.05, 0.1) is 19.3 Å². The van der Waals surface area contributed by atoms with E-state index in [1.54, 1.807) is 0 Å². The Balaban J connectivity index is 1.58. The first kappa shape index (κ1) is 22.6. The molecule has 0 spiro atoms. The maximum Gasteiger partial charge on any atom is 0.305 e. The number of carbonyl (C=O) groups excluding carboxylic acids is 1. The third-order valence-corrected chi connectivity index (χ3v) is 10.8. The first-order chi connectivity index (χ1) is 14.1. The molecule has 0 aliphatic heterocycles. The maximum absolute atomic E-state index is 11.7. The van der Waals surface area contributed by atoms with Crippen molar-refractivity contribution in [3.05, 3.63) is 0 Å². The third kappa shape index (κ3) is 3.36. The monoisotopic (exact) mass is 420 g/mol. The molecule has 4 heteroatoms. The minimum atomic E-state index is -0.307. The Morgan fingerprint density at radius 1 is 1.10 bits per heavy atom. The van der Waals surface area contributed by atoms with Crippen molar-refractivity contribution >= 4 is 5.97 Å². The summed E-state index contributed by atoms with van der Waals surface area (Å²) in [6.45, 7) is 9.39. The van der Waals surface area contributed by atoms with Gasteiger partial charge in [-0.25, -0.2) is 0 Å². The third-order valence-electron chi connectivity index (χ3n) is 10.8. The lowest BCUT2D eigenvalue weighted by molar-refractivity contribution is -0.203. The molecule has 0 aromatic carbocycles. The maximum atomic E-state index is 11.7. The van der Waals surface area contributed by atoms with E-state index in [2.05, 4.69) is 27.7 Å². The number of methoxy groups -OCH3 is 1. The molecule has 7 unspecified atom stereocenters. The molecule has 0 bridgehead atoms. The van der Waals surface area contributed by atoms with Gasteiger partial charge in [-0.05, 0) is 97.2 Å².